The van der Waals surface area contributed by atoms with Crippen LogP contribution >= 0.6 is 11.6 Å². The molecule has 6 heteroatoms. The molecule has 2 heterocycles. The highest BCUT2D eigenvalue weighted by molar-refractivity contribution is 6.52. The topological polar surface area (TPSA) is 62.6 Å². The van der Waals surface area contributed by atoms with Gasteiger partial charge in [-0.05, 0) is 24.3 Å². The molecule has 106 valence electrons. The number of amides is 2. The van der Waals surface area contributed by atoms with Crippen LogP contribution in [0.15, 0.2) is 63.9 Å². The van der Waals surface area contributed by atoms with Crippen molar-refractivity contribution < 1.29 is 14.0 Å². The molecule has 1 aromatic heterocycles. The van der Waals surface area contributed by atoms with Crippen molar-refractivity contribution in [1.82, 2.24) is 5.32 Å². The second kappa shape index (κ2) is 5.46. The number of hydrogen-bond donors (Lipinski definition) is 1. The van der Waals surface area contributed by atoms with Gasteiger partial charge in [0.2, 0.25) is 0 Å². The number of halogens is 1. The molecule has 5 nitrogen and oxygen atoms in total. The Labute approximate surface area is 125 Å². The number of para-hydroxylation sites is 1. The van der Waals surface area contributed by atoms with Gasteiger partial charge in [0.15, 0.2) is 0 Å². The van der Waals surface area contributed by atoms with Crippen molar-refractivity contribution in [2.45, 2.75) is 6.54 Å². The summed E-state index contributed by atoms with van der Waals surface area (Å²) >= 11 is 5.98. The summed E-state index contributed by atoms with van der Waals surface area (Å²) in [4.78, 5) is 25.5. The SMILES string of the molecule is O=C1C(Cl)=C(NCc2ccco2)C(=O)N1c1ccccc1. The lowest BCUT2D eigenvalue weighted by atomic mass is 10.3. The maximum atomic E-state index is 12.4. The number of anilines is 1. The molecule has 0 unspecified atom stereocenters. The molecule has 1 N–H and O–H groups in total. The summed E-state index contributed by atoms with van der Waals surface area (Å²) in [6.07, 6.45) is 1.53. The summed E-state index contributed by atoms with van der Waals surface area (Å²) in [5.74, 6) is -0.358. The van der Waals surface area contributed by atoms with E-state index >= 15 is 0 Å². The van der Waals surface area contributed by atoms with Crippen molar-refractivity contribution >= 4 is 29.1 Å². The van der Waals surface area contributed by atoms with E-state index in [1.54, 1.807) is 42.5 Å². The Morgan fingerprint density at radius 2 is 1.81 bits per heavy atom. The summed E-state index contributed by atoms with van der Waals surface area (Å²) in [7, 11) is 0. The zero-order valence-corrected chi connectivity index (χ0v) is 11.6. The normalized spacial score (nSPS) is 15.0. The molecule has 0 saturated heterocycles. The Bertz CT molecular complexity index is 708. The standard InChI is InChI=1S/C15H11ClN2O3/c16-12-13(17-9-11-7-4-8-21-11)15(20)18(14(12)19)10-5-2-1-3-6-10/h1-8,17H,9H2. The minimum absolute atomic E-state index is 0.0851. The number of nitrogens with zero attached hydrogens (tertiary/aromatic N) is 1. The fourth-order valence-corrected chi connectivity index (χ4v) is 2.29. The van der Waals surface area contributed by atoms with Gasteiger partial charge < -0.3 is 9.73 Å². The highest BCUT2D eigenvalue weighted by atomic mass is 35.5. The second-order valence-electron chi connectivity index (χ2n) is 4.40. The van der Waals surface area contributed by atoms with E-state index in [9.17, 15) is 9.59 Å². The Hall–Kier alpha value is -2.53. The maximum absolute atomic E-state index is 12.4. The minimum atomic E-state index is -0.533. The Balaban J connectivity index is 1.82. The maximum Gasteiger partial charge on any atom is 0.283 e. The van der Waals surface area contributed by atoms with Gasteiger partial charge in [-0.25, -0.2) is 4.90 Å². The number of hydrogen-bond acceptors (Lipinski definition) is 4. The number of furan rings is 1. The summed E-state index contributed by atoms with van der Waals surface area (Å²) in [6, 6.07) is 12.2. The van der Waals surface area contributed by atoms with E-state index in [1.165, 1.54) is 6.26 Å². The lowest BCUT2D eigenvalue weighted by Crippen LogP contribution is -2.33. The van der Waals surface area contributed by atoms with Gasteiger partial charge in [-0.15, -0.1) is 0 Å². The molecule has 0 spiro atoms. The molecular formula is C15H11ClN2O3. The molecular weight excluding hydrogens is 292 g/mol. The Morgan fingerprint density at radius 3 is 2.48 bits per heavy atom. The van der Waals surface area contributed by atoms with E-state index in [1.807, 2.05) is 0 Å². The Kier molecular flexibility index (Phi) is 3.50. The molecule has 1 aliphatic rings. The van der Waals surface area contributed by atoms with Gasteiger partial charge in [-0.1, -0.05) is 29.8 Å². The third-order valence-electron chi connectivity index (χ3n) is 3.06. The van der Waals surface area contributed by atoms with Crippen molar-refractivity contribution in [2.24, 2.45) is 0 Å². The molecule has 3 rings (SSSR count). The molecule has 0 saturated carbocycles. The van der Waals surface area contributed by atoms with E-state index in [-0.39, 0.29) is 17.3 Å². The van der Waals surface area contributed by atoms with Gasteiger partial charge in [-0.3, -0.25) is 9.59 Å². The van der Waals surface area contributed by atoms with Crippen LogP contribution in [-0.2, 0) is 16.1 Å². The van der Waals surface area contributed by atoms with Crippen molar-refractivity contribution in [3.05, 3.63) is 65.2 Å². The first-order valence-electron chi connectivity index (χ1n) is 6.28. The average Bonchev–Trinajstić information content (AvgIpc) is 3.08. The van der Waals surface area contributed by atoms with Crippen LogP contribution in [0.1, 0.15) is 5.76 Å². The van der Waals surface area contributed by atoms with Crippen LogP contribution < -0.4 is 10.2 Å². The first kappa shape index (κ1) is 13.5. The van der Waals surface area contributed by atoms with Crippen molar-refractivity contribution in [1.29, 1.82) is 0 Å². The monoisotopic (exact) mass is 302 g/mol. The summed E-state index contributed by atoms with van der Waals surface area (Å²) in [6.45, 7) is 0.278. The number of rotatable bonds is 4. The highest BCUT2D eigenvalue weighted by Gasteiger charge is 2.38. The van der Waals surface area contributed by atoms with Gasteiger partial charge in [0, 0.05) is 0 Å². The fraction of sp³-hybridized carbons (Fsp3) is 0.0667. The largest absolute Gasteiger partial charge is 0.467 e. The van der Waals surface area contributed by atoms with Crippen molar-refractivity contribution in [3.8, 4) is 0 Å². The highest BCUT2D eigenvalue weighted by Crippen LogP contribution is 2.27. The van der Waals surface area contributed by atoms with Crippen LogP contribution in [0.2, 0.25) is 0 Å². The van der Waals surface area contributed by atoms with Gasteiger partial charge in [-0.2, -0.15) is 0 Å². The first-order chi connectivity index (χ1) is 10.2. The number of imide groups is 1. The number of carbonyl (C=O) groups is 2. The molecule has 0 aliphatic carbocycles. The van der Waals surface area contributed by atoms with E-state index in [4.69, 9.17) is 16.0 Å². The minimum Gasteiger partial charge on any atom is -0.467 e. The second-order valence-corrected chi connectivity index (χ2v) is 4.78. The van der Waals surface area contributed by atoms with Crippen LogP contribution in [-0.4, -0.2) is 11.8 Å². The number of nitrogens with one attached hydrogen (secondary N) is 1. The van der Waals surface area contributed by atoms with Gasteiger partial charge in [0.1, 0.15) is 16.5 Å². The summed E-state index contributed by atoms with van der Waals surface area (Å²) in [5.41, 5.74) is 0.572. The molecule has 1 aromatic carbocycles. The molecule has 1 aliphatic heterocycles. The summed E-state index contributed by atoms with van der Waals surface area (Å²) < 4.78 is 5.16. The van der Waals surface area contributed by atoms with Crippen LogP contribution in [0, 0.1) is 0 Å². The molecule has 0 bridgehead atoms. The molecule has 21 heavy (non-hydrogen) atoms. The predicted molar refractivity (Wildman–Crippen MR) is 77.4 cm³/mol. The predicted octanol–water partition coefficient (Wildman–Crippen LogP) is 2.39. The quantitative estimate of drug-likeness (QED) is 0.881. The zero-order valence-electron chi connectivity index (χ0n) is 10.9. The van der Waals surface area contributed by atoms with Crippen LogP contribution in [0.5, 0.6) is 0 Å². The Morgan fingerprint density at radius 1 is 1.05 bits per heavy atom. The van der Waals surface area contributed by atoms with Gasteiger partial charge >= 0.3 is 0 Å². The van der Waals surface area contributed by atoms with Crippen molar-refractivity contribution in [3.63, 3.8) is 0 Å². The van der Waals surface area contributed by atoms with E-state index in [0.717, 1.165) is 4.90 Å². The molecule has 0 fully saturated rings. The third kappa shape index (κ3) is 2.43. The average molecular weight is 303 g/mol. The molecule has 2 amide bonds. The summed E-state index contributed by atoms with van der Waals surface area (Å²) in [5, 5.41) is 2.74. The first-order valence-corrected chi connectivity index (χ1v) is 6.66. The van der Waals surface area contributed by atoms with Crippen molar-refractivity contribution in [2.75, 3.05) is 4.90 Å². The van der Waals surface area contributed by atoms with E-state index in [2.05, 4.69) is 5.32 Å². The van der Waals surface area contributed by atoms with Gasteiger partial charge in [0.25, 0.3) is 11.8 Å². The molecule has 0 atom stereocenters. The van der Waals surface area contributed by atoms with E-state index < -0.39 is 11.8 Å². The lowest BCUT2D eigenvalue weighted by Gasteiger charge is -2.14. The molecule has 0 radical (unpaired) electrons. The fourth-order valence-electron chi connectivity index (χ4n) is 2.06. The smallest absolute Gasteiger partial charge is 0.283 e. The number of benzene rings is 1. The van der Waals surface area contributed by atoms with E-state index in [0.29, 0.717) is 11.4 Å². The third-order valence-corrected chi connectivity index (χ3v) is 3.41. The zero-order chi connectivity index (χ0) is 14.8. The molecule has 2 aromatic rings. The van der Waals surface area contributed by atoms with Crippen LogP contribution in [0.25, 0.3) is 0 Å². The van der Waals surface area contributed by atoms with Gasteiger partial charge in [0.05, 0.1) is 18.5 Å². The van der Waals surface area contributed by atoms with Crippen LogP contribution in [0.4, 0.5) is 5.69 Å². The lowest BCUT2D eigenvalue weighted by molar-refractivity contribution is -0.120. The van der Waals surface area contributed by atoms with Crippen LogP contribution in [0.3, 0.4) is 0 Å². The number of carbonyl (C=O) groups excluding carboxylic acids is 2.